The van der Waals surface area contributed by atoms with Gasteiger partial charge in [0, 0.05) is 5.82 Å². The van der Waals surface area contributed by atoms with Crippen LogP contribution in [0.4, 0.5) is 4.39 Å². The lowest BCUT2D eigenvalue weighted by Crippen LogP contribution is -2.41. The maximum Gasteiger partial charge on any atom is 0.466 e. The van der Waals surface area contributed by atoms with Crippen molar-refractivity contribution in [2.24, 2.45) is 0 Å². The summed E-state index contributed by atoms with van der Waals surface area (Å²) in [5.74, 6) is -1.70. The maximum atomic E-state index is 13.9. The monoisotopic (exact) mass is 322 g/mol. The van der Waals surface area contributed by atoms with E-state index in [1.165, 1.54) is 0 Å². The number of hydrogen-bond acceptors (Lipinski definition) is 3. The van der Waals surface area contributed by atoms with Crippen LogP contribution in [-0.4, -0.2) is 29.4 Å². The summed E-state index contributed by atoms with van der Waals surface area (Å²) in [6.45, 7) is 11.0. The molecule has 0 amide bonds. The van der Waals surface area contributed by atoms with Gasteiger partial charge in [-0.25, -0.2) is 4.39 Å². The van der Waals surface area contributed by atoms with Gasteiger partial charge in [0.25, 0.3) is 0 Å². The molecule has 6 heteroatoms. The van der Waals surface area contributed by atoms with Crippen LogP contribution in [0, 0.1) is 19.7 Å². The van der Waals surface area contributed by atoms with Crippen LogP contribution in [0.25, 0.3) is 0 Å². The molecular formula is C17H24BFO4. The van der Waals surface area contributed by atoms with Crippen molar-refractivity contribution in [3.05, 3.63) is 34.6 Å². The van der Waals surface area contributed by atoms with Gasteiger partial charge in [-0.1, -0.05) is 12.1 Å². The Morgan fingerprint density at radius 1 is 1.17 bits per heavy atom. The van der Waals surface area contributed by atoms with Gasteiger partial charge >= 0.3 is 13.1 Å². The fourth-order valence-electron chi connectivity index (χ4n) is 2.81. The van der Waals surface area contributed by atoms with Gasteiger partial charge in [0.1, 0.15) is 5.82 Å². The highest BCUT2D eigenvalue weighted by molar-refractivity contribution is 6.48. The molecule has 0 bridgehead atoms. The first-order chi connectivity index (χ1) is 10.4. The molecule has 0 saturated carbocycles. The zero-order chi connectivity index (χ0) is 17.6. The van der Waals surface area contributed by atoms with Crippen LogP contribution in [0.3, 0.4) is 0 Å². The van der Waals surface area contributed by atoms with Gasteiger partial charge in [-0.05, 0) is 58.2 Å². The maximum absolute atomic E-state index is 13.9. The lowest BCUT2D eigenvalue weighted by molar-refractivity contribution is -0.137. The van der Waals surface area contributed by atoms with Crippen LogP contribution in [0.2, 0.25) is 0 Å². The summed E-state index contributed by atoms with van der Waals surface area (Å²) >= 11 is 0. The number of halogens is 1. The predicted molar refractivity (Wildman–Crippen MR) is 86.9 cm³/mol. The molecule has 0 spiro atoms. The highest BCUT2D eigenvalue weighted by Gasteiger charge is 2.54. The van der Waals surface area contributed by atoms with Gasteiger partial charge in [-0.2, -0.15) is 0 Å². The van der Waals surface area contributed by atoms with Crippen molar-refractivity contribution in [3.63, 3.8) is 0 Å². The summed E-state index contributed by atoms with van der Waals surface area (Å²) in [5, 5.41) is 9.27. The molecule has 4 nitrogen and oxygen atoms in total. The number of hydrogen-bond donors (Lipinski definition) is 1. The summed E-state index contributed by atoms with van der Waals surface area (Å²) in [5.41, 5.74) is 0.623. The number of carboxylic acid groups (broad SMARTS) is 1. The highest BCUT2D eigenvalue weighted by Crippen LogP contribution is 2.42. The average Bonchev–Trinajstić information content (AvgIpc) is 2.61. The second-order valence-corrected chi connectivity index (χ2v) is 7.30. The van der Waals surface area contributed by atoms with Gasteiger partial charge in [0.05, 0.1) is 17.6 Å². The van der Waals surface area contributed by atoms with Crippen LogP contribution < -0.4 is 0 Å². The summed E-state index contributed by atoms with van der Waals surface area (Å²) in [6.07, 6.45) is -0.138. The fourth-order valence-corrected chi connectivity index (χ4v) is 2.81. The van der Waals surface area contributed by atoms with Crippen LogP contribution >= 0.6 is 0 Å². The number of carboxylic acids is 1. The summed E-state index contributed by atoms with van der Waals surface area (Å²) in [4.78, 5) is 11.3. The summed E-state index contributed by atoms with van der Waals surface area (Å²) in [7, 11) is -0.680. The number of benzene rings is 1. The molecule has 1 aromatic carbocycles. The molecule has 1 fully saturated rings. The van der Waals surface area contributed by atoms with E-state index in [0.29, 0.717) is 11.1 Å². The SMILES string of the molecule is Cc1cc(C(CC(=O)O)B2OC(C)(C)C(C)(C)O2)cc(C)c1F. The molecule has 1 unspecified atom stereocenters. The van der Waals surface area contributed by atoms with Gasteiger partial charge < -0.3 is 14.4 Å². The lowest BCUT2D eigenvalue weighted by atomic mass is 9.65. The van der Waals surface area contributed by atoms with Crippen molar-refractivity contribution in [1.29, 1.82) is 0 Å². The molecule has 1 aliphatic rings. The van der Waals surface area contributed by atoms with Gasteiger partial charge in [-0.15, -0.1) is 0 Å². The second kappa shape index (κ2) is 5.91. The first kappa shape index (κ1) is 18.0. The molecule has 1 heterocycles. The van der Waals surface area contributed by atoms with Crippen molar-refractivity contribution in [2.75, 3.05) is 0 Å². The lowest BCUT2D eigenvalue weighted by Gasteiger charge is -2.32. The zero-order valence-corrected chi connectivity index (χ0v) is 14.6. The average molecular weight is 322 g/mol. The molecular weight excluding hydrogens is 298 g/mol. The predicted octanol–water partition coefficient (Wildman–Crippen LogP) is 3.63. The van der Waals surface area contributed by atoms with E-state index in [1.54, 1.807) is 26.0 Å². The van der Waals surface area contributed by atoms with E-state index in [1.807, 2.05) is 27.7 Å². The molecule has 1 N–H and O–H groups in total. The molecule has 1 saturated heterocycles. The molecule has 0 aromatic heterocycles. The normalized spacial score (nSPS) is 20.6. The van der Waals surface area contributed by atoms with Crippen LogP contribution in [0.1, 0.15) is 56.6 Å². The van der Waals surface area contributed by atoms with E-state index < -0.39 is 30.1 Å². The van der Waals surface area contributed by atoms with E-state index in [9.17, 15) is 14.3 Å². The smallest absolute Gasteiger partial charge is 0.466 e. The molecule has 0 aliphatic carbocycles. The van der Waals surface area contributed by atoms with E-state index in [-0.39, 0.29) is 12.2 Å². The van der Waals surface area contributed by atoms with Crippen molar-refractivity contribution >= 4 is 13.1 Å². The fraction of sp³-hybridized carbons (Fsp3) is 0.588. The van der Waals surface area contributed by atoms with Gasteiger partial charge in [0.15, 0.2) is 0 Å². The van der Waals surface area contributed by atoms with Crippen molar-refractivity contribution in [1.82, 2.24) is 0 Å². The van der Waals surface area contributed by atoms with E-state index >= 15 is 0 Å². The van der Waals surface area contributed by atoms with Crippen LogP contribution in [0.15, 0.2) is 12.1 Å². The first-order valence-corrected chi connectivity index (χ1v) is 7.78. The van der Waals surface area contributed by atoms with E-state index in [0.717, 1.165) is 5.56 Å². The molecule has 23 heavy (non-hydrogen) atoms. The Morgan fingerprint density at radius 2 is 1.61 bits per heavy atom. The van der Waals surface area contributed by atoms with Crippen molar-refractivity contribution in [3.8, 4) is 0 Å². The first-order valence-electron chi connectivity index (χ1n) is 7.78. The Morgan fingerprint density at radius 3 is 2.00 bits per heavy atom. The Hall–Kier alpha value is -1.40. The standard InChI is InChI=1S/C17H24BFO4/c1-10-7-12(8-11(2)15(10)19)13(9-14(20)21)18-22-16(3,4)17(5,6)23-18/h7-8,13H,9H2,1-6H3,(H,20,21). The van der Waals surface area contributed by atoms with Gasteiger partial charge in [0.2, 0.25) is 0 Å². The topological polar surface area (TPSA) is 55.8 Å². The number of aliphatic carboxylic acids is 1. The quantitative estimate of drug-likeness (QED) is 0.860. The third-order valence-electron chi connectivity index (χ3n) is 4.88. The Kier molecular flexibility index (Phi) is 4.61. The molecule has 1 aliphatic heterocycles. The summed E-state index contributed by atoms with van der Waals surface area (Å²) < 4.78 is 25.9. The zero-order valence-electron chi connectivity index (χ0n) is 14.6. The minimum atomic E-state index is -0.940. The molecule has 126 valence electrons. The highest BCUT2D eigenvalue weighted by atomic mass is 19.1. The Bertz CT molecular complexity index is 588. The van der Waals surface area contributed by atoms with Crippen LogP contribution in [-0.2, 0) is 14.1 Å². The molecule has 1 aromatic rings. The van der Waals surface area contributed by atoms with E-state index in [4.69, 9.17) is 9.31 Å². The number of aryl methyl sites for hydroxylation is 2. The minimum Gasteiger partial charge on any atom is -0.481 e. The Balaban J connectivity index is 2.41. The number of rotatable bonds is 4. The molecule has 0 radical (unpaired) electrons. The third kappa shape index (κ3) is 3.43. The van der Waals surface area contributed by atoms with E-state index in [2.05, 4.69) is 0 Å². The van der Waals surface area contributed by atoms with Crippen LogP contribution in [0.5, 0.6) is 0 Å². The number of carbonyl (C=O) groups is 1. The molecule has 2 rings (SSSR count). The minimum absolute atomic E-state index is 0.138. The Labute approximate surface area is 137 Å². The van der Waals surface area contributed by atoms with Crippen molar-refractivity contribution in [2.45, 2.75) is 65.0 Å². The van der Waals surface area contributed by atoms with Crippen molar-refractivity contribution < 1.29 is 23.6 Å². The second-order valence-electron chi connectivity index (χ2n) is 7.30. The largest absolute Gasteiger partial charge is 0.481 e. The van der Waals surface area contributed by atoms with Gasteiger partial charge in [-0.3, -0.25) is 4.79 Å². The summed E-state index contributed by atoms with van der Waals surface area (Å²) in [6, 6.07) is 3.36. The molecule has 1 atom stereocenters. The third-order valence-corrected chi connectivity index (χ3v) is 4.88.